The van der Waals surface area contributed by atoms with Crippen LogP contribution in [0.3, 0.4) is 0 Å². The fraction of sp³-hybridized carbons (Fsp3) is 0.235. The van der Waals surface area contributed by atoms with Gasteiger partial charge in [-0.1, -0.05) is 12.1 Å². The highest BCUT2D eigenvalue weighted by atomic mass is 16.5. The summed E-state index contributed by atoms with van der Waals surface area (Å²) in [6.45, 7) is 3.77. The molecule has 4 heteroatoms. The van der Waals surface area contributed by atoms with Gasteiger partial charge in [0.2, 0.25) is 5.91 Å². The number of rotatable bonds is 4. The van der Waals surface area contributed by atoms with Crippen molar-refractivity contribution in [3.05, 3.63) is 54.1 Å². The molecule has 2 aromatic carbocycles. The van der Waals surface area contributed by atoms with Gasteiger partial charge in [0.25, 0.3) is 0 Å². The number of hydrogen-bond acceptors (Lipinski definition) is 3. The molecule has 0 bridgehead atoms. The Morgan fingerprint density at radius 3 is 2.14 bits per heavy atom. The van der Waals surface area contributed by atoms with E-state index in [1.807, 2.05) is 50.2 Å². The number of anilines is 2. The Hall–Kier alpha value is -2.49. The highest BCUT2D eigenvalue weighted by Crippen LogP contribution is 2.26. The minimum atomic E-state index is -0.645. The first-order valence-electron chi connectivity index (χ1n) is 6.75. The maximum Gasteiger partial charge on any atom is 0.234 e. The largest absolute Gasteiger partial charge is 0.497 e. The van der Waals surface area contributed by atoms with E-state index < -0.39 is 5.41 Å². The van der Waals surface area contributed by atoms with E-state index in [4.69, 9.17) is 10.5 Å². The van der Waals surface area contributed by atoms with Gasteiger partial charge in [-0.2, -0.15) is 0 Å². The monoisotopic (exact) mass is 284 g/mol. The summed E-state index contributed by atoms with van der Waals surface area (Å²) in [7, 11) is 1.61. The summed E-state index contributed by atoms with van der Waals surface area (Å²) in [5.41, 5.74) is 7.38. The van der Waals surface area contributed by atoms with E-state index in [-0.39, 0.29) is 5.91 Å². The summed E-state index contributed by atoms with van der Waals surface area (Å²) in [4.78, 5) is 12.5. The van der Waals surface area contributed by atoms with Gasteiger partial charge in [0.1, 0.15) is 5.75 Å². The van der Waals surface area contributed by atoms with Crippen molar-refractivity contribution in [2.45, 2.75) is 19.3 Å². The van der Waals surface area contributed by atoms with Crippen LogP contribution in [0.25, 0.3) is 0 Å². The Labute approximate surface area is 124 Å². The fourth-order valence-electron chi connectivity index (χ4n) is 1.99. The molecule has 0 aliphatic rings. The number of ether oxygens (including phenoxy) is 1. The van der Waals surface area contributed by atoms with Gasteiger partial charge in [0, 0.05) is 11.4 Å². The second-order valence-electron chi connectivity index (χ2n) is 5.43. The van der Waals surface area contributed by atoms with Crippen LogP contribution in [0.1, 0.15) is 19.4 Å². The van der Waals surface area contributed by atoms with Gasteiger partial charge in [-0.25, -0.2) is 0 Å². The lowest BCUT2D eigenvalue weighted by atomic mass is 9.83. The Balaban J connectivity index is 2.15. The van der Waals surface area contributed by atoms with Crippen molar-refractivity contribution in [2.24, 2.45) is 0 Å². The first-order valence-corrected chi connectivity index (χ1v) is 6.75. The van der Waals surface area contributed by atoms with Crippen molar-refractivity contribution in [3.63, 3.8) is 0 Å². The van der Waals surface area contributed by atoms with Crippen molar-refractivity contribution in [1.29, 1.82) is 0 Å². The number of carbonyl (C=O) groups is 1. The Morgan fingerprint density at radius 2 is 1.62 bits per heavy atom. The van der Waals surface area contributed by atoms with Crippen LogP contribution in [0, 0.1) is 0 Å². The smallest absolute Gasteiger partial charge is 0.234 e. The Kier molecular flexibility index (Phi) is 4.17. The van der Waals surface area contributed by atoms with Crippen molar-refractivity contribution in [2.75, 3.05) is 18.2 Å². The lowest BCUT2D eigenvalue weighted by Crippen LogP contribution is -2.34. The van der Waals surface area contributed by atoms with Gasteiger partial charge in [-0.05, 0) is 55.8 Å². The Bertz CT molecular complexity index is 616. The molecule has 0 aliphatic heterocycles. The van der Waals surface area contributed by atoms with Crippen molar-refractivity contribution < 1.29 is 9.53 Å². The number of methoxy groups -OCH3 is 1. The predicted octanol–water partition coefficient (Wildman–Crippen LogP) is 3.19. The highest BCUT2D eigenvalue weighted by Gasteiger charge is 2.29. The van der Waals surface area contributed by atoms with Crippen LogP contribution in [0.15, 0.2) is 48.5 Å². The van der Waals surface area contributed by atoms with E-state index in [1.54, 1.807) is 19.2 Å². The van der Waals surface area contributed by atoms with Crippen LogP contribution in [0.2, 0.25) is 0 Å². The third-order valence-electron chi connectivity index (χ3n) is 3.55. The third kappa shape index (κ3) is 3.34. The van der Waals surface area contributed by atoms with E-state index in [0.29, 0.717) is 5.69 Å². The molecule has 21 heavy (non-hydrogen) atoms. The molecule has 0 unspecified atom stereocenters. The van der Waals surface area contributed by atoms with Crippen LogP contribution in [0.4, 0.5) is 11.4 Å². The number of carbonyl (C=O) groups excluding carboxylic acids is 1. The Morgan fingerprint density at radius 1 is 1.05 bits per heavy atom. The standard InChI is InChI=1S/C17H20N2O2/c1-17(2,12-4-6-13(18)7-5-12)16(20)19-14-8-10-15(21-3)11-9-14/h4-11H,18H2,1-3H3,(H,19,20). The van der Waals surface area contributed by atoms with Crippen LogP contribution < -0.4 is 15.8 Å². The molecule has 1 amide bonds. The zero-order chi connectivity index (χ0) is 15.5. The molecule has 0 saturated heterocycles. The molecular weight excluding hydrogens is 264 g/mol. The van der Waals surface area contributed by atoms with Crippen molar-refractivity contribution in [1.82, 2.24) is 0 Å². The first-order chi connectivity index (χ1) is 9.93. The van der Waals surface area contributed by atoms with Crippen LogP contribution in [0.5, 0.6) is 5.75 Å². The number of nitrogens with one attached hydrogen (secondary N) is 1. The number of nitrogens with two attached hydrogens (primary N) is 1. The summed E-state index contributed by atoms with van der Waals surface area (Å²) >= 11 is 0. The molecule has 0 radical (unpaired) electrons. The molecule has 2 aromatic rings. The number of nitrogen functional groups attached to an aromatic ring is 1. The minimum absolute atomic E-state index is 0.0718. The molecule has 4 nitrogen and oxygen atoms in total. The molecule has 2 rings (SSSR count). The van der Waals surface area contributed by atoms with E-state index in [9.17, 15) is 4.79 Å². The normalized spacial score (nSPS) is 11.0. The second kappa shape index (κ2) is 5.87. The molecule has 0 saturated carbocycles. The van der Waals surface area contributed by atoms with Gasteiger partial charge < -0.3 is 15.8 Å². The second-order valence-corrected chi connectivity index (χ2v) is 5.43. The molecule has 0 aromatic heterocycles. The SMILES string of the molecule is COc1ccc(NC(=O)C(C)(C)c2ccc(N)cc2)cc1. The van der Waals surface area contributed by atoms with Crippen LogP contribution >= 0.6 is 0 Å². The molecule has 110 valence electrons. The molecule has 3 N–H and O–H groups in total. The summed E-state index contributed by atoms with van der Waals surface area (Å²) in [6, 6.07) is 14.6. The van der Waals surface area contributed by atoms with Crippen LogP contribution in [-0.2, 0) is 10.2 Å². The van der Waals surface area contributed by atoms with E-state index in [2.05, 4.69) is 5.32 Å². The molecule has 0 fully saturated rings. The zero-order valence-corrected chi connectivity index (χ0v) is 12.5. The average molecular weight is 284 g/mol. The number of amides is 1. The number of benzene rings is 2. The molecular formula is C17H20N2O2. The maximum atomic E-state index is 12.5. The highest BCUT2D eigenvalue weighted by molar-refractivity contribution is 5.98. The molecule has 0 spiro atoms. The lowest BCUT2D eigenvalue weighted by Gasteiger charge is -2.24. The minimum Gasteiger partial charge on any atom is -0.497 e. The van der Waals surface area contributed by atoms with Crippen molar-refractivity contribution >= 4 is 17.3 Å². The predicted molar refractivity (Wildman–Crippen MR) is 85.5 cm³/mol. The summed E-state index contributed by atoms with van der Waals surface area (Å²) < 4.78 is 5.10. The van der Waals surface area contributed by atoms with Crippen LogP contribution in [-0.4, -0.2) is 13.0 Å². The topological polar surface area (TPSA) is 64.3 Å². The van der Waals surface area contributed by atoms with Gasteiger partial charge in [0.15, 0.2) is 0 Å². The zero-order valence-electron chi connectivity index (χ0n) is 12.5. The lowest BCUT2D eigenvalue weighted by molar-refractivity contribution is -0.120. The van der Waals surface area contributed by atoms with Crippen molar-refractivity contribution in [3.8, 4) is 5.75 Å². The van der Waals surface area contributed by atoms with Gasteiger partial charge in [-0.15, -0.1) is 0 Å². The van der Waals surface area contributed by atoms with Gasteiger partial charge >= 0.3 is 0 Å². The molecule has 0 atom stereocenters. The fourth-order valence-corrected chi connectivity index (χ4v) is 1.99. The summed E-state index contributed by atoms with van der Waals surface area (Å²) in [5, 5.41) is 2.92. The summed E-state index contributed by atoms with van der Waals surface area (Å²) in [6.07, 6.45) is 0. The van der Waals surface area contributed by atoms with E-state index in [0.717, 1.165) is 17.0 Å². The quantitative estimate of drug-likeness (QED) is 0.847. The maximum absolute atomic E-state index is 12.5. The average Bonchev–Trinajstić information content (AvgIpc) is 2.48. The molecule has 0 aliphatic carbocycles. The van der Waals surface area contributed by atoms with E-state index in [1.165, 1.54) is 0 Å². The van der Waals surface area contributed by atoms with E-state index >= 15 is 0 Å². The first kappa shape index (κ1) is 14.9. The number of hydrogen-bond donors (Lipinski definition) is 2. The molecule has 0 heterocycles. The van der Waals surface area contributed by atoms with Gasteiger partial charge in [0.05, 0.1) is 12.5 Å². The van der Waals surface area contributed by atoms with Gasteiger partial charge in [-0.3, -0.25) is 4.79 Å². The summed E-state index contributed by atoms with van der Waals surface area (Å²) in [5.74, 6) is 0.684. The third-order valence-corrected chi connectivity index (χ3v) is 3.55.